The summed E-state index contributed by atoms with van der Waals surface area (Å²) in [7, 11) is -3.23. The molecule has 2 aromatic rings. The molecular weight excluding hydrogens is 456 g/mol. The molecule has 184 valence electrons. The summed E-state index contributed by atoms with van der Waals surface area (Å²) in [5.41, 5.74) is 3.85. The Hall–Kier alpha value is -2.02. The van der Waals surface area contributed by atoms with Crippen LogP contribution < -0.4 is 4.72 Å². The summed E-state index contributed by atoms with van der Waals surface area (Å²) in [6.45, 7) is 2.49. The van der Waals surface area contributed by atoms with Crippen molar-refractivity contribution in [1.82, 2.24) is 9.71 Å². The molecule has 0 amide bonds. The molecular formula is C29H34N2O3S. The lowest BCUT2D eigenvalue weighted by atomic mass is 9.58. The van der Waals surface area contributed by atoms with E-state index < -0.39 is 10.0 Å². The standard InChI is InChI=1S/C29H34N2O3S/c1-27-11-9-23-16-22-5-6-24(31-35(2,32)33)17-28(22)12-13-29(23,34-28)26(27)8-7-25(27)20-4-3-19-10-14-30-18-21(19)15-20/h3-4,9-10,14-16,18,24-26,31H,5-8,11-13,17H2,1-2H3/t24-,25+,26+,27+,28?,29+/m0/s1. The number of hydrogen-bond acceptors (Lipinski definition) is 4. The van der Waals surface area contributed by atoms with E-state index in [1.54, 1.807) is 0 Å². The second-order valence-electron chi connectivity index (χ2n) is 12.0. The number of fused-ring (bicyclic) bond motifs is 2. The summed E-state index contributed by atoms with van der Waals surface area (Å²) in [6.07, 6.45) is 18.1. The Morgan fingerprint density at radius 3 is 2.86 bits per heavy atom. The smallest absolute Gasteiger partial charge is 0.208 e. The summed E-state index contributed by atoms with van der Waals surface area (Å²) >= 11 is 0. The molecule has 7 rings (SSSR count). The highest BCUT2D eigenvalue weighted by atomic mass is 32.2. The Morgan fingerprint density at radius 2 is 2.00 bits per heavy atom. The van der Waals surface area contributed by atoms with Crippen LogP contribution in [-0.4, -0.2) is 36.9 Å². The molecule has 2 bridgehead atoms. The zero-order valence-corrected chi connectivity index (χ0v) is 21.4. The van der Waals surface area contributed by atoms with E-state index in [-0.39, 0.29) is 22.7 Å². The van der Waals surface area contributed by atoms with Crippen LogP contribution in [0.4, 0.5) is 0 Å². The molecule has 3 fully saturated rings. The van der Waals surface area contributed by atoms with Gasteiger partial charge in [0.2, 0.25) is 10.0 Å². The van der Waals surface area contributed by atoms with Crippen molar-refractivity contribution in [1.29, 1.82) is 0 Å². The van der Waals surface area contributed by atoms with Gasteiger partial charge in [0.15, 0.2) is 0 Å². The van der Waals surface area contributed by atoms with Crippen molar-refractivity contribution in [2.24, 2.45) is 11.3 Å². The predicted octanol–water partition coefficient (Wildman–Crippen LogP) is 5.39. The van der Waals surface area contributed by atoms with Crippen molar-refractivity contribution in [3.05, 3.63) is 65.5 Å². The molecule has 2 spiro atoms. The monoisotopic (exact) mass is 490 g/mol. The Bertz CT molecular complexity index is 1400. The zero-order chi connectivity index (χ0) is 24.1. The van der Waals surface area contributed by atoms with Crippen LogP contribution in [0.2, 0.25) is 0 Å². The fourth-order valence-electron chi connectivity index (χ4n) is 8.68. The third-order valence-electron chi connectivity index (χ3n) is 10.1. The van der Waals surface area contributed by atoms with Gasteiger partial charge in [0.25, 0.3) is 0 Å². The second-order valence-corrected chi connectivity index (χ2v) is 13.8. The maximum Gasteiger partial charge on any atom is 0.208 e. The van der Waals surface area contributed by atoms with Crippen molar-refractivity contribution < 1.29 is 13.2 Å². The topological polar surface area (TPSA) is 68.3 Å². The average Bonchev–Trinajstić information content (AvgIpc) is 3.33. The van der Waals surface area contributed by atoms with Crippen molar-refractivity contribution in [2.45, 2.75) is 81.5 Å². The number of nitrogens with one attached hydrogen (secondary N) is 1. The third kappa shape index (κ3) is 3.19. The van der Waals surface area contributed by atoms with Gasteiger partial charge in [-0.3, -0.25) is 4.98 Å². The molecule has 1 unspecified atom stereocenters. The van der Waals surface area contributed by atoms with Crippen LogP contribution in [0.25, 0.3) is 10.8 Å². The molecule has 1 aromatic heterocycles. The van der Waals surface area contributed by atoms with Crippen molar-refractivity contribution >= 4 is 20.8 Å². The molecule has 2 saturated carbocycles. The number of benzene rings is 1. The van der Waals surface area contributed by atoms with E-state index in [0.29, 0.717) is 11.8 Å². The van der Waals surface area contributed by atoms with Crippen LogP contribution in [-0.2, 0) is 14.8 Å². The van der Waals surface area contributed by atoms with Crippen LogP contribution in [0, 0.1) is 11.3 Å². The number of allylic oxidation sites excluding steroid dienone is 1. The van der Waals surface area contributed by atoms with Crippen LogP contribution in [0.1, 0.15) is 69.8 Å². The Labute approximate surface area is 208 Å². The summed E-state index contributed by atoms with van der Waals surface area (Å²) in [6, 6.07) is 8.98. The highest BCUT2D eigenvalue weighted by Crippen LogP contribution is 2.69. The van der Waals surface area contributed by atoms with Gasteiger partial charge >= 0.3 is 0 Å². The number of aromatic nitrogens is 1. The van der Waals surface area contributed by atoms with E-state index in [4.69, 9.17) is 4.74 Å². The minimum absolute atomic E-state index is 0.0414. The zero-order valence-electron chi connectivity index (χ0n) is 20.6. The second kappa shape index (κ2) is 7.27. The number of nitrogens with zero attached hydrogens (tertiary/aromatic N) is 1. The van der Waals surface area contributed by atoms with E-state index in [9.17, 15) is 8.42 Å². The first-order valence-electron chi connectivity index (χ1n) is 13.1. The molecule has 1 aromatic carbocycles. The van der Waals surface area contributed by atoms with Crippen LogP contribution >= 0.6 is 0 Å². The first-order valence-corrected chi connectivity index (χ1v) is 15.0. The summed E-state index contributed by atoms with van der Waals surface area (Å²) in [5, 5.41) is 2.46. The van der Waals surface area contributed by atoms with Gasteiger partial charge in [0.1, 0.15) is 0 Å². The van der Waals surface area contributed by atoms with E-state index in [1.807, 2.05) is 12.4 Å². The van der Waals surface area contributed by atoms with Crippen LogP contribution in [0.3, 0.4) is 0 Å². The Kier molecular flexibility index (Phi) is 4.61. The summed E-state index contributed by atoms with van der Waals surface area (Å²) in [5.74, 6) is 0.978. The highest BCUT2D eigenvalue weighted by Gasteiger charge is 2.66. The summed E-state index contributed by atoms with van der Waals surface area (Å²) in [4.78, 5) is 4.35. The molecule has 6 heteroatoms. The maximum atomic E-state index is 12.0. The van der Waals surface area contributed by atoms with Gasteiger partial charge in [-0.25, -0.2) is 13.1 Å². The molecule has 5 nitrogen and oxygen atoms in total. The normalized spacial score (nSPS) is 40.0. The van der Waals surface area contributed by atoms with Gasteiger partial charge in [0.05, 0.1) is 17.5 Å². The molecule has 5 aliphatic rings. The molecule has 3 aliphatic carbocycles. The van der Waals surface area contributed by atoms with Gasteiger partial charge in [0, 0.05) is 23.8 Å². The maximum absolute atomic E-state index is 12.0. The number of ether oxygens (including phenoxy) is 1. The molecule has 3 heterocycles. The fourth-order valence-corrected chi connectivity index (χ4v) is 9.49. The minimum Gasteiger partial charge on any atom is -0.359 e. The predicted molar refractivity (Wildman–Crippen MR) is 137 cm³/mol. The molecule has 6 atom stereocenters. The molecule has 0 radical (unpaired) electrons. The van der Waals surface area contributed by atoms with Gasteiger partial charge in [-0.05, 0) is 103 Å². The molecule has 2 aliphatic heterocycles. The SMILES string of the molecule is C[C@]12CC=C3C=C4CC[C@H](NS(C)(=O)=O)CC45CC[C@]3(O5)[C@@H]1CC[C@@H]2c1ccc2ccncc2c1. The van der Waals surface area contributed by atoms with Crippen LogP contribution in [0.15, 0.2) is 60.0 Å². The number of rotatable bonds is 3. The summed E-state index contributed by atoms with van der Waals surface area (Å²) < 4.78 is 34.1. The fraction of sp³-hybridized carbons (Fsp3) is 0.552. The first-order chi connectivity index (χ1) is 16.7. The molecule has 35 heavy (non-hydrogen) atoms. The first kappa shape index (κ1) is 22.2. The van der Waals surface area contributed by atoms with Gasteiger partial charge < -0.3 is 4.74 Å². The van der Waals surface area contributed by atoms with E-state index in [0.717, 1.165) is 38.5 Å². The van der Waals surface area contributed by atoms with E-state index >= 15 is 0 Å². The van der Waals surface area contributed by atoms with Gasteiger partial charge in [-0.2, -0.15) is 0 Å². The average molecular weight is 491 g/mol. The van der Waals surface area contributed by atoms with Gasteiger partial charge in [-0.1, -0.05) is 31.2 Å². The number of pyridine rings is 1. The third-order valence-corrected chi connectivity index (χ3v) is 10.9. The highest BCUT2D eigenvalue weighted by molar-refractivity contribution is 7.88. The quantitative estimate of drug-likeness (QED) is 0.626. The Morgan fingerprint density at radius 1 is 1.11 bits per heavy atom. The van der Waals surface area contributed by atoms with Crippen molar-refractivity contribution in [3.63, 3.8) is 0 Å². The minimum atomic E-state index is -3.23. The number of hydrogen-bond donors (Lipinski definition) is 1. The number of sulfonamides is 1. The largest absolute Gasteiger partial charge is 0.359 e. The lowest BCUT2D eigenvalue weighted by Crippen LogP contribution is -2.55. The van der Waals surface area contributed by atoms with E-state index in [2.05, 4.69) is 53.0 Å². The lowest BCUT2D eigenvalue weighted by molar-refractivity contribution is -0.135. The Balaban J connectivity index is 1.24. The van der Waals surface area contributed by atoms with E-state index in [1.165, 1.54) is 46.6 Å². The van der Waals surface area contributed by atoms with Gasteiger partial charge in [-0.15, -0.1) is 0 Å². The molecule has 1 saturated heterocycles. The molecule has 1 N–H and O–H groups in total. The van der Waals surface area contributed by atoms with Crippen molar-refractivity contribution in [3.8, 4) is 0 Å². The van der Waals surface area contributed by atoms with Crippen molar-refractivity contribution in [2.75, 3.05) is 6.26 Å². The van der Waals surface area contributed by atoms with Crippen LogP contribution in [0.5, 0.6) is 0 Å². The lowest BCUT2D eigenvalue weighted by Gasteiger charge is -2.54.